The minimum absolute atomic E-state index is 0.145. The Morgan fingerprint density at radius 2 is 2.00 bits per heavy atom. The maximum absolute atomic E-state index is 11.7. The van der Waals surface area contributed by atoms with Crippen molar-refractivity contribution < 1.29 is 4.79 Å². The molecule has 5 nitrogen and oxygen atoms in total. The second-order valence-corrected chi connectivity index (χ2v) is 4.20. The minimum atomic E-state index is -0.445. The number of carbonyl (C=O) groups is 1. The molecular formula is C9H5Cl3N4O. The van der Waals surface area contributed by atoms with Gasteiger partial charge in [0.1, 0.15) is 0 Å². The van der Waals surface area contributed by atoms with Crippen LogP contribution in [0.4, 0.5) is 5.69 Å². The Balaban J connectivity index is 2.25. The van der Waals surface area contributed by atoms with E-state index in [1.54, 1.807) is 6.07 Å². The molecule has 0 radical (unpaired) electrons. The van der Waals surface area contributed by atoms with E-state index in [4.69, 9.17) is 34.8 Å². The highest BCUT2D eigenvalue weighted by Crippen LogP contribution is 2.35. The maximum atomic E-state index is 11.7. The summed E-state index contributed by atoms with van der Waals surface area (Å²) in [6.45, 7) is 0. The Hall–Kier alpha value is -1.30. The summed E-state index contributed by atoms with van der Waals surface area (Å²) in [6.07, 6.45) is 1.29. The molecule has 0 spiro atoms. The second kappa shape index (κ2) is 4.91. The minimum Gasteiger partial charge on any atom is -0.319 e. The Morgan fingerprint density at radius 1 is 1.24 bits per heavy atom. The van der Waals surface area contributed by atoms with Crippen LogP contribution in [0.2, 0.25) is 15.1 Å². The van der Waals surface area contributed by atoms with Crippen molar-refractivity contribution in [3.05, 3.63) is 39.1 Å². The zero-order chi connectivity index (χ0) is 12.4. The van der Waals surface area contributed by atoms with Crippen molar-refractivity contribution in [3.8, 4) is 0 Å². The van der Waals surface area contributed by atoms with E-state index in [0.717, 1.165) is 0 Å². The van der Waals surface area contributed by atoms with Crippen molar-refractivity contribution in [2.45, 2.75) is 0 Å². The normalized spacial score (nSPS) is 10.3. The van der Waals surface area contributed by atoms with E-state index in [-0.39, 0.29) is 15.7 Å². The molecule has 0 saturated carbocycles. The van der Waals surface area contributed by atoms with Crippen LogP contribution in [-0.2, 0) is 0 Å². The zero-order valence-electron chi connectivity index (χ0n) is 8.17. The van der Waals surface area contributed by atoms with Gasteiger partial charge in [0, 0.05) is 0 Å². The SMILES string of the molecule is O=C(Nc1ccc(Cl)c(Cl)c1Cl)c1cn[nH]n1. The molecule has 1 amide bonds. The lowest BCUT2D eigenvalue weighted by Gasteiger charge is -2.07. The lowest BCUT2D eigenvalue weighted by Crippen LogP contribution is -2.12. The number of aromatic nitrogens is 3. The molecule has 0 aliphatic rings. The molecule has 0 unspecified atom stereocenters. The van der Waals surface area contributed by atoms with E-state index < -0.39 is 5.91 Å². The molecule has 2 rings (SSSR count). The first-order valence-corrected chi connectivity index (χ1v) is 5.53. The van der Waals surface area contributed by atoms with Gasteiger partial charge in [-0.05, 0) is 12.1 Å². The maximum Gasteiger partial charge on any atom is 0.277 e. The van der Waals surface area contributed by atoms with Gasteiger partial charge in [0.05, 0.1) is 27.0 Å². The molecule has 1 aromatic heterocycles. The van der Waals surface area contributed by atoms with Crippen LogP contribution in [0.3, 0.4) is 0 Å². The number of benzene rings is 1. The third-order valence-corrected chi connectivity index (χ3v) is 3.22. The molecule has 8 heteroatoms. The lowest BCUT2D eigenvalue weighted by molar-refractivity contribution is 0.102. The topological polar surface area (TPSA) is 70.7 Å². The molecule has 0 atom stereocenters. The zero-order valence-corrected chi connectivity index (χ0v) is 10.4. The van der Waals surface area contributed by atoms with Crippen LogP contribution in [0.15, 0.2) is 18.3 Å². The average molecular weight is 292 g/mol. The Kier molecular flexibility index (Phi) is 3.51. The molecule has 2 aromatic rings. The summed E-state index contributed by atoms with van der Waals surface area (Å²) in [4.78, 5) is 11.7. The number of aromatic amines is 1. The molecule has 0 saturated heterocycles. The van der Waals surface area contributed by atoms with Crippen LogP contribution in [0.25, 0.3) is 0 Å². The highest BCUT2D eigenvalue weighted by molar-refractivity contribution is 6.49. The number of amides is 1. The number of nitrogens with one attached hydrogen (secondary N) is 2. The summed E-state index contributed by atoms with van der Waals surface area (Å²) in [5, 5.41) is 12.7. The van der Waals surface area contributed by atoms with Crippen LogP contribution in [0.5, 0.6) is 0 Å². The number of hydrogen-bond acceptors (Lipinski definition) is 3. The van der Waals surface area contributed by atoms with Crippen molar-refractivity contribution >= 4 is 46.4 Å². The molecular weight excluding hydrogens is 286 g/mol. The standard InChI is InChI=1S/C9H5Cl3N4O/c10-4-1-2-5(8(12)7(4)11)14-9(17)6-3-13-16-15-6/h1-3H,(H,14,17)(H,13,15,16). The molecule has 1 aromatic carbocycles. The third kappa shape index (κ3) is 2.52. The van der Waals surface area contributed by atoms with E-state index in [1.165, 1.54) is 12.3 Å². The molecule has 0 aliphatic heterocycles. The summed E-state index contributed by atoms with van der Waals surface area (Å²) in [5.74, 6) is -0.445. The van der Waals surface area contributed by atoms with Crippen molar-refractivity contribution in [1.29, 1.82) is 0 Å². The van der Waals surface area contributed by atoms with Crippen LogP contribution in [-0.4, -0.2) is 21.3 Å². The summed E-state index contributed by atoms with van der Waals surface area (Å²) in [5.41, 5.74) is 0.501. The molecule has 0 bridgehead atoms. The fourth-order valence-electron chi connectivity index (χ4n) is 1.12. The second-order valence-electron chi connectivity index (χ2n) is 3.03. The number of rotatable bonds is 2. The number of hydrogen-bond donors (Lipinski definition) is 2. The van der Waals surface area contributed by atoms with Crippen molar-refractivity contribution in [2.24, 2.45) is 0 Å². The lowest BCUT2D eigenvalue weighted by atomic mass is 10.3. The molecule has 88 valence electrons. The van der Waals surface area contributed by atoms with Crippen molar-refractivity contribution in [3.63, 3.8) is 0 Å². The van der Waals surface area contributed by atoms with Gasteiger partial charge in [0.25, 0.3) is 5.91 Å². The highest BCUT2D eigenvalue weighted by atomic mass is 35.5. The first-order chi connectivity index (χ1) is 8.09. The predicted octanol–water partition coefficient (Wildman–Crippen LogP) is 3.02. The van der Waals surface area contributed by atoms with Crippen LogP contribution < -0.4 is 5.32 Å². The Morgan fingerprint density at radius 3 is 2.65 bits per heavy atom. The molecule has 1 heterocycles. The number of H-pyrrole nitrogens is 1. The number of halogens is 3. The van der Waals surface area contributed by atoms with Crippen molar-refractivity contribution in [2.75, 3.05) is 5.32 Å². The number of carbonyl (C=O) groups excluding carboxylic acids is 1. The summed E-state index contributed by atoms with van der Waals surface area (Å²) < 4.78 is 0. The van der Waals surface area contributed by atoms with Gasteiger partial charge in [0.2, 0.25) is 0 Å². The molecule has 2 N–H and O–H groups in total. The van der Waals surface area contributed by atoms with Gasteiger partial charge in [-0.25, -0.2) is 0 Å². The predicted molar refractivity (Wildman–Crippen MR) is 65.8 cm³/mol. The van der Waals surface area contributed by atoms with Crippen LogP contribution >= 0.6 is 34.8 Å². The monoisotopic (exact) mass is 290 g/mol. The molecule has 17 heavy (non-hydrogen) atoms. The smallest absolute Gasteiger partial charge is 0.277 e. The van der Waals surface area contributed by atoms with Gasteiger partial charge >= 0.3 is 0 Å². The fourth-order valence-corrected chi connectivity index (χ4v) is 1.70. The van der Waals surface area contributed by atoms with Gasteiger partial charge in [0.15, 0.2) is 5.69 Å². The highest BCUT2D eigenvalue weighted by Gasteiger charge is 2.13. The van der Waals surface area contributed by atoms with Gasteiger partial charge in [-0.1, -0.05) is 34.8 Å². The van der Waals surface area contributed by atoms with E-state index in [9.17, 15) is 4.79 Å². The van der Waals surface area contributed by atoms with E-state index in [0.29, 0.717) is 10.7 Å². The third-order valence-electron chi connectivity index (χ3n) is 1.93. The largest absolute Gasteiger partial charge is 0.319 e. The summed E-state index contributed by atoms with van der Waals surface area (Å²) in [7, 11) is 0. The fraction of sp³-hybridized carbons (Fsp3) is 0. The number of nitrogens with zero attached hydrogens (tertiary/aromatic N) is 2. The summed E-state index contributed by atoms with van der Waals surface area (Å²) >= 11 is 17.5. The van der Waals surface area contributed by atoms with Gasteiger partial charge in [-0.2, -0.15) is 15.4 Å². The van der Waals surface area contributed by atoms with Gasteiger partial charge in [-0.15, -0.1) is 0 Å². The molecule has 0 fully saturated rings. The first-order valence-electron chi connectivity index (χ1n) is 4.40. The van der Waals surface area contributed by atoms with Crippen LogP contribution in [0, 0.1) is 0 Å². The van der Waals surface area contributed by atoms with Crippen molar-refractivity contribution in [1.82, 2.24) is 15.4 Å². The van der Waals surface area contributed by atoms with E-state index in [1.807, 2.05) is 0 Å². The van der Waals surface area contributed by atoms with Gasteiger partial charge in [-0.3, -0.25) is 4.79 Å². The van der Waals surface area contributed by atoms with E-state index >= 15 is 0 Å². The van der Waals surface area contributed by atoms with Gasteiger partial charge < -0.3 is 5.32 Å². The summed E-state index contributed by atoms with van der Waals surface area (Å²) in [6, 6.07) is 3.09. The first kappa shape index (κ1) is 12.2. The Bertz CT molecular complexity index is 556. The van der Waals surface area contributed by atoms with E-state index in [2.05, 4.69) is 20.7 Å². The molecule has 0 aliphatic carbocycles. The average Bonchev–Trinajstić information content (AvgIpc) is 2.83. The van der Waals surface area contributed by atoms with Crippen LogP contribution in [0.1, 0.15) is 10.5 Å². The number of anilines is 1. The Labute approximate surface area is 111 Å². The quantitative estimate of drug-likeness (QED) is 0.836.